The summed E-state index contributed by atoms with van der Waals surface area (Å²) in [6.07, 6.45) is -4.57. The Morgan fingerprint density at radius 3 is 1.89 bits per heavy atom. The second-order valence-corrected chi connectivity index (χ2v) is 3.48. The Kier molecular flexibility index (Phi) is 4.46. The van der Waals surface area contributed by atoms with Gasteiger partial charge in [-0.3, -0.25) is 4.99 Å². The third-order valence-corrected chi connectivity index (χ3v) is 2.25. The molecule has 0 spiro atoms. The van der Waals surface area contributed by atoms with E-state index in [1.165, 1.54) is 7.05 Å². The van der Waals surface area contributed by atoms with Gasteiger partial charge in [-0.1, -0.05) is 12.1 Å². The smallest absolute Gasteiger partial charge is 0.387 e. The van der Waals surface area contributed by atoms with Crippen LogP contribution in [0.4, 0.5) is 22.0 Å². The van der Waals surface area contributed by atoms with Gasteiger partial charge in [-0.2, -0.15) is 27.4 Å². The number of rotatable bonds is 3. The van der Waals surface area contributed by atoms with E-state index in [1.807, 2.05) is 5.48 Å². The van der Waals surface area contributed by atoms with E-state index in [0.29, 0.717) is 24.3 Å². The Bertz CT molecular complexity index is 453. The fraction of sp³-hybridized carbons (Fsp3) is 0.364. The Morgan fingerprint density at radius 2 is 1.53 bits per heavy atom. The summed E-state index contributed by atoms with van der Waals surface area (Å²) in [7, 11) is 2.35. The van der Waals surface area contributed by atoms with Crippen molar-refractivity contribution in [3.05, 3.63) is 35.4 Å². The number of benzene rings is 1. The molecule has 0 aliphatic rings. The lowest BCUT2D eigenvalue weighted by molar-refractivity contribution is -0.137. The largest absolute Gasteiger partial charge is 0.416 e. The molecule has 0 amide bonds. The van der Waals surface area contributed by atoms with E-state index in [1.54, 1.807) is 0 Å². The summed E-state index contributed by atoms with van der Waals surface area (Å²) in [6, 6.07) is 2.53. The van der Waals surface area contributed by atoms with Gasteiger partial charge in [-0.05, 0) is 12.1 Å². The molecule has 0 heterocycles. The lowest BCUT2D eigenvalue weighted by Crippen LogP contribution is -2.32. The third kappa shape index (κ3) is 3.40. The number of hydrogen-bond acceptors (Lipinski definition) is 3. The van der Waals surface area contributed by atoms with Crippen molar-refractivity contribution in [1.82, 2.24) is 5.48 Å². The minimum Gasteiger partial charge on any atom is -0.387 e. The normalized spacial score (nSPS) is 13.5. The summed E-state index contributed by atoms with van der Waals surface area (Å²) in [4.78, 5) is 7.69. The maximum Gasteiger partial charge on any atom is 0.416 e. The van der Waals surface area contributed by atoms with E-state index < -0.39 is 29.1 Å². The first kappa shape index (κ1) is 15.4. The fourth-order valence-corrected chi connectivity index (χ4v) is 1.34. The van der Waals surface area contributed by atoms with Gasteiger partial charge in [0.2, 0.25) is 0 Å². The predicted octanol–water partition coefficient (Wildman–Crippen LogP) is 2.98. The summed E-state index contributed by atoms with van der Waals surface area (Å²) >= 11 is 0. The highest BCUT2D eigenvalue weighted by Crippen LogP contribution is 2.34. The number of halogens is 5. The van der Waals surface area contributed by atoms with E-state index in [4.69, 9.17) is 0 Å². The fourth-order valence-electron chi connectivity index (χ4n) is 1.34. The van der Waals surface area contributed by atoms with Gasteiger partial charge in [0, 0.05) is 19.7 Å². The highest BCUT2D eigenvalue weighted by Gasteiger charge is 2.41. The summed E-state index contributed by atoms with van der Waals surface area (Å²) in [5.74, 6) is -4.56. The molecule has 0 aliphatic carbocycles. The van der Waals surface area contributed by atoms with Crippen LogP contribution >= 0.6 is 0 Å². The quantitative estimate of drug-likeness (QED) is 0.400. The van der Waals surface area contributed by atoms with Crippen LogP contribution in [0.3, 0.4) is 0 Å². The molecule has 0 saturated carbocycles. The van der Waals surface area contributed by atoms with Crippen molar-refractivity contribution < 1.29 is 26.8 Å². The van der Waals surface area contributed by atoms with Crippen molar-refractivity contribution >= 4 is 5.90 Å². The van der Waals surface area contributed by atoms with E-state index in [0.717, 1.165) is 7.05 Å². The van der Waals surface area contributed by atoms with Crippen LogP contribution in [0.25, 0.3) is 0 Å². The molecule has 8 heteroatoms. The molecule has 0 unspecified atom stereocenters. The van der Waals surface area contributed by atoms with Crippen molar-refractivity contribution in [1.29, 1.82) is 0 Å². The molecule has 1 aromatic carbocycles. The molecule has 0 aliphatic heterocycles. The minimum absolute atomic E-state index is 0.579. The molecular formula is C11H11F5N2O. The van der Waals surface area contributed by atoms with Crippen molar-refractivity contribution in [2.45, 2.75) is 12.1 Å². The summed E-state index contributed by atoms with van der Waals surface area (Å²) in [5.41, 5.74) is 0.394. The van der Waals surface area contributed by atoms with Crippen molar-refractivity contribution in [3.8, 4) is 0 Å². The number of alkyl halides is 5. The maximum atomic E-state index is 13.9. The zero-order valence-corrected chi connectivity index (χ0v) is 10.1. The van der Waals surface area contributed by atoms with Gasteiger partial charge in [-0.25, -0.2) is 0 Å². The Balaban J connectivity index is 3.09. The van der Waals surface area contributed by atoms with Crippen LogP contribution in [-0.4, -0.2) is 20.0 Å². The molecule has 1 rings (SSSR count). The molecule has 106 valence electrons. The first-order valence-electron chi connectivity index (χ1n) is 5.10. The highest BCUT2D eigenvalue weighted by molar-refractivity contribution is 5.84. The minimum atomic E-state index is -4.57. The molecule has 0 saturated heterocycles. The second-order valence-electron chi connectivity index (χ2n) is 3.48. The van der Waals surface area contributed by atoms with Crippen LogP contribution in [0.1, 0.15) is 11.1 Å². The Labute approximate surface area is 106 Å². The zero-order chi connectivity index (χ0) is 14.7. The van der Waals surface area contributed by atoms with Gasteiger partial charge in [0.25, 0.3) is 5.90 Å². The standard InChI is InChI=1S/C11H11F5N2O/c1-17-9(19-18-2)10(12,13)7-3-5-8(6-4-7)11(14,15)16/h3-6,18H,1-2H3. The van der Waals surface area contributed by atoms with Gasteiger partial charge in [0.1, 0.15) is 0 Å². The van der Waals surface area contributed by atoms with Crippen molar-refractivity contribution in [2.75, 3.05) is 14.1 Å². The summed E-state index contributed by atoms with van der Waals surface area (Å²) in [5, 5.41) is 0. The van der Waals surface area contributed by atoms with E-state index in [9.17, 15) is 22.0 Å². The maximum absolute atomic E-state index is 13.9. The van der Waals surface area contributed by atoms with Gasteiger partial charge < -0.3 is 4.84 Å². The zero-order valence-electron chi connectivity index (χ0n) is 10.1. The van der Waals surface area contributed by atoms with Gasteiger partial charge in [0.05, 0.1) is 5.56 Å². The lowest BCUT2D eigenvalue weighted by Gasteiger charge is -2.18. The Hall–Kier alpha value is -1.70. The van der Waals surface area contributed by atoms with E-state index >= 15 is 0 Å². The third-order valence-electron chi connectivity index (χ3n) is 2.25. The lowest BCUT2D eigenvalue weighted by atomic mass is 10.1. The topological polar surface area (TPSA) is 33.6 Å². The molecule has 1 N–H and O–H groups in total. The second kappa shape index (κ2) is 5.52. The Morgan fingerprint density at radius 1 is 1.05 bits per heavy atom. The van der Waals surface area contributed by atoms with E-state index in [2.05, 4.69) is 9.83 Å². The van der Waals surface area contributed by atoms with Crippen LogP contribution in [0.5, 0.6) is 0 Å². The molecule has 0 atom stereocenters. The van der Waals surface area contributed by atoms with Gasteiger partial charge >= 0.3 is 12.1 Å². The first-order chi connectivity index (χ1) is 8.73. The predicted molar refractivity (Wildman–Crippen MR) is 58.8 cm³/mol. The van der Waals surface area contributed by atoms with E-state index in [-0.39, 0.29) is 0 Å². The molecule has 1 aromatic rings. The number of hydroxylamine groups is 1. The summed E-state index contributed by atoms with van der Waals surface area (Å²) in [6.45, 7) is 0. The first-order valence-corrected chi connectivity index (χ1v) is 5.10. The number of nitrogens with zero attached hydrogens (tertiary/aromatic N) is 1. The van der Waals surface area contributed by atoms with Gasteiger partial charge in [0.15, 0.2) is 0 Å². The van der Waals surface area contributed by atoms with Gasteiger partial charge in [-0.15, -0.1) is 0 Å². The SMILES string of the molecule is CN=C(ONC)C(F)(F)c1ccc(C(F)(F)F)cc1. The molecule has 3 nitrogen and oxygen atoms in total. The molecular weight excluding hydrogens is 271 g/mol. The average Bonchev–Trinajstić information content (AvgIpc) is 2.34. The molecule has 0 aromatic heterocycles. The number of aliphatic imine (C=N–C) groups is 1. The molecule has 0 fully saturated rings. The van der Waals surface area contributed by atoms with Crippen LogP contribution in [0.15, 0.2) is 29.3 Å². The van der Waals surface area contributed by atoms with Crippen molar-refractivity contribution in [3.63, 3.8) is 0 Å². The molecule has 19 heavy (non-hydrogen) atoms. The monoisotopic (exact) mass is 282 g/mol. The molecule has 0 radical (unpaired) electrons. The number of nitrogens with one attached hydrogen (secondary N) is 1. The highest BCUT2D eigenvalue weighted by atomic mass is 19.4. The van der Waals surface area contributed by atoms with Crippen LogP contribution in [0.2, 0.25) is 0 Å². The number of hydrogen-bond donors (Lipinski definition) is 1. The average molecular weight is 282 g/mol. The van der Waals surface area contributed by atoms with Crippen LogP contribution in [0, 0.1) is 0 Å². The summed E-state index contributed by atoms with van der Waals surface area (Å²) < 4.78 is 64.7. The van der Waals surface area contributed by atoms with Crippen LogP contribution < -0.4 is 5.48 Å². The van der Waals surface area contributed by atoms with Crippen LogP contribution in [-0.2, 0) is 16.9 Å². The van der Waals surface area contributed by atoms with Crippen molar-refractivity contribution in [2.24, 2.45) is 4.99 Å². The molecule has 0 bridgehead atoms.